The molecule has 0 aliphatic heterocycles. The molecule has 0 unspecified atom stereocenters. The normalized spacial score (nSPS) is 12.8. The molecule has 0 saturated carbocycles. The molecule has 20 heavy (non-hydrogen) atoms. The van der Waals surface area contributed by atoms with E-state index in [2.05, 4.69) is 17.1 Å². The molecule has 0 heterocycles. The quantitative estimate of drug-likeness (QED) is 0.778. The van der Waals surface area contributed by atoms with Gasteiger partial charge in [0, 0.05) is 16.8 Å². The second-order valence-corrected chi connectivity index (χ2v) is 5.53. The fourth-order valence-electron chi connectivity index (χ4n) is 1.81. The van der Waals surface area contributed by atoms with Crippen LogP contribution in [0.1, 0.15) is 29.7 Å². The Bertz CT molecular complexity index is 636. The minimum atomic E-state index is -0.00671. The number of rotatable bonds is 3. The van der Waals surface area contributed by atoms with Crippen molar-refractivity contribution in [2.45, 2.75) is 19.9 Å². The Kier molecular flexibility index (Phi) is 4.69. The van der Waals surface area contributed by atoms with Crippen LogP contribution >= 0.6 is 23.2 Å². The van der Waals surface area contributed by atoms with Crippen molar-refractivity contribution < 1.29 is 5.11 Å². The van der Waals surface area contributed by atoms with Crippen LogP contribution in [0.25, 0.3) is 0 Å². The van der Waals surface area contributed by atoms with Crippen LogP contribution in [0.5, 0.6) is 5.75 Å². The molecule has 0 aromatic heterocycles. The van der Waals surface area contributed by atoms with E-state index in [4.69, 9.17) is 23.2 Å². The van der Waals surface area contributed by atoms with Gasteiger partial charge in [0.2, 0.25) is 0 Å². The van der Waals surface area contributed by atoms with Gasteiger partial charge in [0.15, 0.2) is 0 Å². The van der Waals surface area contributed by atoms with E-state index in [0.717, 1.165) is 5.56 Å². The van der Waals surface area contributed by atoms with Crippen molar-refractivity contribution in [1.82, 2.24) is 0 Å². The van der Waals surface area contributed by atoms with Gasteiger partial charge in [0.25, 0.3) is 0 Å². The molecule has 0 saturated heterocycles. The molecule has 2 nitrogen and oxygen atoms in total. The average Bonchev–Trinajstić information content (AvgIpc) is 2.41. The smallest absolute Gasteiger partial charge is 0.143 e. The third kappa shape index (κ3) is 3.53. The minimum absolute atomic E-state index is 0.00378. The fraction of sp³-hybridized carbons (Fsp3) is 0.188. The summed E-state index contributed by atoms with van der Waals surface area (Å²) >= 11 is 11.8. The number of hydrogen-bond donors (Lipinski definition) is 1. The Hall–Kier alpha value is -1.51. The lowest BCUT2D eigenvalue weighted by atomic mass is 10.1. The van der Waals surface area contributed by atoms with Crippen LogP contribution in [0.2, 0.25) is 10.0 Å². The van der Waals surface area contributed by atoms with E-state index < -0.39 is 0 Å². The molecule has 0 aliphatic rings. The standard InChI is InChI=1S/C16H15Cl2NO/c1-10-3-5-12(6-4-10)11(2)19-9-13-7-14(17)8-15(18)16(13)20/h3-9,11,20H,1-2H3/t11-/m1/s1. The topological polar surface area (TPSA) is 32.6 Å². The molecular weight excluding hydrogens is 293 g/mol. The van der Waals surface area contributed by atoms with Crippen molar-refractivity contribution in [2.75, 3.05) is 0 Å². The highest BCUT2D eigenvalue weighted by Gasteiger charge is 2.07. The maximum absolute atomic E-state index is 9.86. The number of phenolic OH excluding ortho intramolecular Hbond substituents is 1. The highest BCUT2D eigenvalue weighted by atomic mass is 35.5. The Labute approximate surface area is 128 Å². The largest absolute Gasteiger partial charge is 0.506 e. The van der Waals surface area contributed by atoms with E-state index in [9.17, 15) is 5.11 Å². The Morgan fingerprint density at radius 2 is 1.80 bits per heavy atom. The predicted molar refractivity (Wildman–Crippen MR) is 85.3 cm³/mol. The van der Waals surface area contributed by atoms with Gasteiger partial charge in [-0.05, 0) is 31.5 Å². The zero-order chi connectivity index (χ0) is 14.7. The van der Waals surface area contributed by atoms with Crippen LogP contribution in [0.4, 0.5) is 0 Å². The number of halogens is 2. The van der Waals surface area contributed by atoms with Gasteiger partial charge in [0.05, 0.1) is 11.1 Å². The SMILES string of the molecule is Cc1ccc([C@@H](C)N=Cc2cc(Cl)cc(Cl)c2O)cc1. The molecule has 1 N–H and O–H groups in total. The summed E-state index contributed by atoms with van der Waals surface area (Å²) in [6.07, 6.45) is 1.59. The maximum atomic E-state index is 9.86. The van der Waals surface area contributed by atoms with Crippen LogP contribution in [0, 0.1) is 6.92 Å². The zero-order valence-corrected chi connectivity index (χ0v) is 12.8. The number of nitrogens with zero attached hydrogens (tertiary/aromatic N) is 1. The first-order chi connectivity index (χ1) is 9.47. The fourth-order valence-corrected chi connectivity index (χ4v) is 2.32. The van der Waals surface area contributed by atoms with Crippen molar-refractivity contribution >= 4 is 29.4 Å². The highest BCUT2D eigenvalue weighted by molar-refractivity contribution is 6.36. The molecule has 0 aliphatic carbocycles. The van der Waals surface area contributed by atoms with Crippen molar-refractivity contribution in [1.29, 1.82) is 0 Å². The lowest BCUT2D eigenvalue weighted by molar-refractivity contribution is 0.474. The van der Waals surface area contributed by atoms with E-state index in [1.165, 1.54) is 11.6 Å². The van der Waals surface area contributed by atoms with E-state index in [-0.39, 0.29) is 16.8 Å². The maximum Gasteiger partial charge on any atom is 0.143 e. The lowest BCUT2D eigenvalue weighted by Gasteiger charge is -2.08. The van der Waals surface area contributed by atoms with E-state index in [1.807, 2.05) is 26.0 Å². The van der Waals surface area contributed by atoms with Gasteiger partial charge in [-0.25, -0.2) is 0 Å². The second-order valence-electron chi connectivity index (χ2n) is 4.69. The number of hydrogen-bond acceptors (Lipinski definition) is 2. The van der Waals surface area contributed by atoms with E-state index in [1.54, 1.807) is 12.3 Å². The van der Waals surface area contributed by atoms with E-state index in [0.29, 0.717) is 10.6 Å². The summed E-state index contributed by atoms with van der Waals surface area (Å²) in [5.74, 6) is -0.00378. The predicted octanol–water partition coefficient (Wildman–Crippen LogP) is 5.19. The molecule has 1 atom stereocenters. The number of benzene rings is 2. The first kappa shape index (κ1) is 14.9. The summed E-state index contributed by atoms with van der Waals surface area (Å²) in [6, 6.07) is 11.3. The van der Waals surface area contributed by atoms with Crippen LogP contribution in [-0.2, 0) is 0 Å². The lowest BCUT2D eigenvalue weighted by Crippen LogP contribution is -1.92. The zero-order valence-electron chi connectivity index (χ0n) is 11.3. The van der Waals surface area contributed by atoms with Gasteiger partial charge >= 0.3 is 0 Å². The monoisotopic (exact) mass is 307 g/mol. The number of aryl methyl sites for hydroxylation is 1. The first-order valence-electron chi connectivity index (χ1n) is 6.25. The molecular formula is C16H15Cl2NO. The Morgan fingerprint density at radius 3 is 2.45 bits per heavy atom. The van der Waals surface area contributed by atoms with Crippen molar-refractivity contribution in [3.63, 3.8) is 0 Å². The summed E-state index contributed by atoms with van der Waals surface area (Å²) < 4.78 is 0. The number of aliphatic imine (C=N–C) groups is 1. The number of aromatic hydroxyl groups is 1. The van der Waals surface area contributed by atoms with Crippen LogP contribution in [0.3, 0.4) is 0 Å². The molecule has 104 valence electrons. The summed E-state index contributed by atoms with van der Waals surface area (Å²) in [7, 11) is 0. The van der Waals surface area contributed by atoms with Crippen LogP contribution in [-0.4, -0.2) is 11.3 Å². The molecule has 0 spiro atoms. The molecule has 0 bridgehead atoms. The van der Waals surface area contributed by atoms with E-state index >= 15 is 0 Å². The molecule has 0 fully saturated rings. The molecule has 2 aromatic rings. The highest BCUT2D eigenvalue weighted by Crippen LogP contribution is 2.30. The molecule has 4 heteroatoms. The Morgan fingerprint density at radius 1 is 1.15 bits per heavy atom. The van der Waals surface area contributed by atoms with Crippen LogP contribution in [0.15, 0.2) is 41.4 Å². The van der Waals surface area contributed by atoms with Crippen molar-refractivity contribution in [3.8, 4) is 5.75 Å². The van der Waals surface area contributed by atoms with Gasteiger partial charge in [-0.3, -0.25) is 4.99 Å². The summed E-state index contributed by atoms with van der Waals surface area (Å²) in [5, 5.41) is 10.6. The Balaban J connectivity index is 2.23. The molecule has 0 amide bonds. The van der Waals surface area contributed by atoms with Gasteiger partial charge in [-0.1, -0.05) is 53.0 Å². The molecule has 0 radical (unpaired) electrons. The first-order valence-corrected chi connectivity index (χ1v) is 7.00. The minimum Gasteiger partial charge on any atom is -0.506 e. The summed E-state index contributed by atoms with van der Waals surface area (Å²) in [6.45, 7) is 4.04. The third-order valence-corrected chi connectivity index (χ3v) is 3.56. The van der Waals surface area contributed by atoms with Crippen molar-refractivity contribution in [2.24, 2.45) is 4.99 Å². The van der Waals surface area contributed by atoms with Gasteiger partial charge in [0.1, 0.15) is 5.75 Å². The van der Waals surface area contributed by atoms with Gasteiger partial charge in [-0.15, -0.1) is 0 Å². The molecule has 2 rings (SSSR count). The average molecular weight is 308 g/mol. The summed E-state index contributed by atoms with van der Waals surface area (Å²) in [4.78, 5) is 4.44. The molecule has 2 aromatic carbocycles. The summed E-state index contributed by atoms with van der Waals surface area (Å²) in [5.41, 5.74) is 2.84. The van der Waals surface area contributed by atoms with Gasteiger partial charge < -0.3 is 5.11 Å². The third-order valence-electron chi connectivity index (χ3n) is 3.05. The van der Waals surface area contributed by atoms with Gasteiger partial charge in [-0.2, -0.15) is 0 Å². The van der Waals surface area contributed by atoms with Crippen LogP contribution < -0.4 is 0 Å². The van der Waals surface area contributed by atoms with Crippen molar-refractivity contribution in [3.05, 3.63) is 63.1 Å². The second kappa shape index (κ2) is 6.29. The number of phenols is 1.